The Hall–Kier alpha value is -2.42. The third-order valence-corrected chi connectivity index (χ3v) is 4.70. The summed E-state index contributed by atoms with van der Waals surface area (Å²) in [5, 5.41) is 3.60. The largest absolute Gasteiger partial charge is 0.444 e. The topological polar surface area (TPSA) is 30.5 Å². The minimum Gasteiger partial charge on any atom is -0.444 e. The van der Waals surface area contributed by atoms with Crippen LogP contribution in [-0.4, -0.2) is 6.04 Å². The second kappa shape index (κ2) is 7.00. The third kappa shape index (κ3) is 3.25. The van der Waals surface area contributed by atoms with E-state index in [-0.39, 0.29) is 6.29 Å². The average Bonchev–Trinajstić information content (AvgIpc) is 3.08. The minimum absolute atomic E-state index is 0.382. The van der Waals surface area contributed by atoms with Crippen LogP contribution in [0.2, 0.25) is 0 Å². The van der Waals surface area contributed by atoms with Crippen LogP contribution in [0.5, 0.6) is 0 Å². The van der Waals surface area contributed by atoms with E-state index in [1.807, 2.05) is 48.5 Å². The van der Waals surface area contributed by atoms with Crippen molar-refractivity contribution in [3.05, 3.63) is 77.7 Å². The number of ether oxygens (including phenoxy) is 2. The molecule has 2 aromatic rings. The zero-order chi connectivity index (χ0) is 16.2. The first-order valence-electron chi connectivity index (χ1n) is 8.84. The molecule has 3 heteroatoms. The van der Waals surface area contributed by atoms with Crippen molar-refractivity contribution in [2.75, 3.05) is 0 Å². The van der Waals surface area contributed by atoms with Crippen LogP contribution in [0.3, 0.4) is 0 Å². The molecule has 1 aliphatic carbocycles. The molecular weight excluding hydrogens is 298 g/mol. The van der Waals surface area contributed by atoms with Gasteiger partial charge in [0.2, 0.25) is 5.88 Å². The lowest BCUT2D eigenvalue weighted by molar-refractivity contribution is -0.0333. The Morgan fingerprint density at radius 2 is 1.42 bits per heavy atom. The molecule has 1 N–H and O–H groups in total. The molecule has 1 aliphatic heterocycles. The van der Waals surface area contributed by atoms with Crippen molar-refractivity contribution >= 4 is 5.76 Å². The molecule has 0 radical (unpaired) electrons. The highest BCUT2D eigenvalue weighted by Crippen LogP contribution is 2.37. The lowest BCUT2D eigenvalue weighted by atomic mass is 9.95. The first kappa shape index (κ1) is 15.1. The van der Waals surface area contributed by atoms with E-state index >= 15 is 0 Å². The molecule has 1 heterocycles. The molecule has 1 atom stereocenters. The van der Waals surface area contributed by atoms with Gasteiger partial charge in [-0.1, -0.05) is 79.9 Å². The lowest BCUT2D eigenvalue weighted by Crippen LogP contribution is -2.31. The Labute approximate surface area is 143 Å². The van der Waals surface area contributed by atoms with Gasteiger partial charge < -0.3 is 14.8 Å². The van der Waals surface area contributed by atoms with Crippen molar-refractivity contribution in [3.8, 4) is 0 Å². The highest BCUT2D eigenvalue weighted by Gasteiger charge is 2.31. The van der Waals surface area contributed by atoms with Gasteiger partial charge in [0.1, 0.15) is 0 Å². The van der Waals surface area contributed by atoms with Gasteiger partial charge in [0.15, 0.2) is 5.76 Å². The van der Waals surface area contributed by atoms with Gasteiger partial charge in [-0.2, -0.15) is 0 Å². The van der Waals surface area contributed by atoms with E-state index in [1.165, 1.54) is 32.1 Å². The Morgan fingerprint density at radius 1 is 0.750 bits per heavy atom. The number of benzene rings is 2. The van der Waals surface area contributed by atoms with Gasteiger partial charge in [0, 0.05) is 17.2 Å². The predicted molar refractivity (Wildman–Crippen MR) is 94.7 cm³/mol. The highest BCUT2D eigenvalue weighted by molar-refractivity contribution is 5.63. The maximum absolute atomic E-state index is 6.18. The quantitative estimate of drug-likeness (QED) is 0.861. The maximum atomic E-state index is 6.18. The highest BCUT2D eigenvalue weighted by atomic mass is 16.7. The molecule has 0 amide bonds. The van der Waals surface area contributed by atoms with Crippen LogP contribution in [0.15, 0.2) is 66.5 Å². The second-order valence-corrected chi connectivity index (χ2v) is 6.48. The summed E-state index contributed by atoms with van der Waals surface area (Å²) in [4.78, 5) is 0. The summed E-state index contributed by atoms with van der Waals surface area (Å²) in [7, 11) is 0. The molecule has 2 aromatic carbocycles. The van der Waals surface area contributed by atoms with Crippen LogP contribution < -0.4 is 5.32 Å². The Morgan fingerprint density at radius 3 is 2.12 bits per heavy atom. The monoisotopic (exact) mass is 321 g/mol. The van der Waals surface area contributed by atoms with Crippen molar-refractivity contribution < 1.29 is 9.47 Å². The van der Waals surface area contributed by atoms with E-state index in [2.05, 4.69) is 17.4 Å². The standard InChI is InChI=1S/C21H23NO2/c1-4-10-16(11-5-1)19-20(22-18-14-8-3-9-15-18)24-21(23-19)17-12-6-2-7-13-17/h1-2,4-7,10-13,18,21-22H,3,8-9,14-15H2. The van der Waals surface area contributed by atoms with Crippen LogP contribution in [-0.2, 0) is 9.47 Å². The zero-order valence-electron chi connectivity index (χ0n) is 13.8. The summed E-state index contributed by atoms with van der Waals surface area (Å²) >= 11 is 0. The molecule has 1 fully saturated rings. The van der Waals surface area contributed by atoms with Crippen molar-refractivity contribution in [1.82, 2.24) is 5.32 Å². The average molecular weight is 321 g/mol. The van der Waals surface area contributed by atoms with Crippen molar-refractivity contribution in [1.29, 1.82) is 0 Å². The number of rotatable bonds is 4. The van der Waals surface area contributed by atoms with Gasteiger partial charge in [0.05, 0.1) is 0 Å². The van der Waals surface area contributed by atoms with Crippen LogP contribution in [0.25, 0.3) is 5.76 Å². The molecular formula is C21H23NO2. The number of nitrogens with one attached hydrogen (secondary N) is 1. The predicted octanol–water partition coefficient (Wildman–Crippen LogP) is 4.98. The van der Waals surface area contributed by atoms with E-state index in [0.29, 0.717) is 6.04 Å². The lowest BCUT2D eigenvalue weighted by Gasteiger charge is -2.24. The Balaban J connectivity index is 1.59. The van der Waals surface area contributed by atoms with Crippen LogP contribution in [0.4, 0.5) is 0 Å². The Kier molecular flexibility index (Phi) is 4.41. The molecule has 2 aliphatic rings. The zero-order valence-corrected chi connectivity index (χ0v) is 13.8. The van der Waals surface area contributed by atoms with E-state index in [0.717, 1.165) is 22.8 Å². The van der Waals surface area contributed by atoms with E-state index in [1.54, 1.807) is 0 Å². The number of hydrogen-bond donors (Lipinski definition) is 1. The maximum Gasteiger partial charge on any atom is 0.269 e. The first-order chi connectivity index (χ1) is 11.9. The van der Waals surface area contributed by atoms with Gasteiger partial charge in [-0.15, -0.1) is 0 Å². The molecule has 3 nitrogen and oxygen atoms in total. The smallest absolute Gasteiger partial charge is 0.269 e. The fraction of sp³-hybridized carbons (Fsp3) is 0.333. The summed E-state index contributed by atoms with van der Waals surface area (Å²) in [5.74, 6) is 1.59. The van der Waals surface area contributed by atoms with E-state index in [9.17, 15) is 0 Å². The van der Waals surface area contributed by atoms with Crippen molar-refractivity contribution in [2.24, 2.45) is 0 Å². The molecule has 1 unspecified atom stereocenters. The molecule has 0 spiro atoms. The molecule has 0 aromatic heterocycles. The summed E-state index contributed by atoms with van der Waals surface area (Å²) < 4.78 is 12.3. The first-order valence-corrected chi connectivity index (χ1v) is 8.84. The molecule has 0 bridgehead atoms. The molecule has 1 saturated carbocycles. The van der Waals surface area contributed by atoms with Crippen LogP contribution in [0.1, 0.15) is 49.5 Å². The van der Waals surface area contributed by atoms with Gasteiger partial charge in [0.25, 0.3) is 6.29 Å². The van der Waals surface area contributed by atoms with E-state index in [4.69, 9.17) is 9.47 Å². The molecule has 0 saturated heterocycles. The van der Waals surface area contributed by atoms with Crippen molar-refractivity contribution in [2.45, 2.75) is 44.4 Å². The summed E-state index contributed by atoms with van der Waals surface area (Å²) in [5.41, 5.74) is 2.08. The van der Waals surface area contributed by atoms with Gasteiger partial charge in [-0.3, -0.25) is 0 Å². The third-order valence-electron chi connectivity index (χ3n) is 4.70. The minimum atomic E-state index is -0.382. The van der Waals surface area contributed by atoms with Gasteiger partial charge >= 0.3 is 0 Å². The van der Waals surface area contributed by atoms with Crippen molar-refractivity contribution in [3.63, 3.8) is 0 Å². The second-order valence-electron chi connectivity index (χ2n) is 6.48. The van der Waals surface area contributed by atoms with E-state index < -0.39 is 0 Å². The Bertz CT molecular complexity index is 690. The fourth-order valence-corrected chi connectivity index (χ4v) is 3.41. The fourth-order valence-electron chi connectivity index (χ4n) is 3.41. The summed E-state index contributed by atoms with van der Waals surface area (Å²) in [6.07, 6.45) is 5.93. The SMILES string of the molecule is c1ccc(C2=C(NC3CCCCC3)OC(c3ccccc3)O2)cc1. The molecule has 124 valence electrons. The molecule has 4 rings (SSSR count). The summed E-state index contributed by atoms with van der Waals surface area (Å²) in [6, 6.07) is 20.8. The summed E-state index contributed by atoms with van der Waals surface area (Å²) in [6.45, 7) is 0. The van der Waals surface area contributed by atoms with Crippen LogP contribution >= 0.6 is 0 Å². The number of hydrogen-bond acceptors (Lipinski definition) is 3. The van der Waals surface area contributed by atoms with Crippen LogP contribution in [0, 0.1) is 0 Å². The van der Waals surface area contributed by atoms with Gasteiger partial charge in [-0.05, 0) is 12.8 Å². The van der Waals surface area contributed by atoms with Gasteiger partial charge in [-0.25, -0.2) is 0 Å². The normalized spacial score (nSPS) is 21.2. The molecule has 24 heavy (non-hydrogen) atoms.